The lowest BCUT2D eigenvalue weighted by atomic mass is 10.1. The summed E-state index contributed by atoms with van der Waals surface area (Å²) in [5.41, 5.74) is -3.47. The van der Waals surface area contributed by atoms with Gasteiger partial charge in [0.25, 0.3) is 34.8 Å². The maximum Gasteiger partial charge on any atom is 0.423 e. The third-order valence-corrected chi connectivity index (χ3v) is 8.90. The number of carbonyl (C=O) groups excluding carboxylic acids is 3. The average molecular weight is 999 g/mol. The van der Waals surface area contributed by atoms with Gasteiger partial charge in [-0.1, -0.05) is 29.8 Å². The van der Waals surface area contributed by atoms with Crippen molar-refractivity contribution in [1.29, 1.82) is 0 Å². The molecule has 0 saturated carbocycles. The van der Waals surface area contributed by atoms with Crippen LogP contribution >= 0.6 is 11.6 Å². The van der Waals surface area contributed by atoms with Gasteiger partial charge in [-0.15, -0.1) is 0 Å². The number of furan rings is 2. The van der Waals surface area contributed by atoms with Gasteiger partial charge in [-0.05, 0) is 91.9 Å². The van der Waals surface area contributed by atoms with Gasteiger partial charge in [0.05, 0.1) is 32.9 Å². The number of carboxylic acid groups (broad SMARTS) is 1. The number of aryl methyl sites for hydroxylation is 1. The van der Waals surface area contributed by atoms with E-state index in [0.29, 0.717) is 23.4 Å². The van der Waals surface area contributed by atoms with E-state index in [4.69, 9.17) is 21.1 Å². The molecule has 5 aromatic carbocycles. The molecule has 0 radical (unpaired) electrons. The minimum Gasteiger partial charge on any atom is -0.475 e. The molecule has 0 saturated heterocycles. The van der Waals surface area contributed by atoms with Crippen molar-refractivity contribution >= 4 is 69.4 Å². The summed E-state index contributed by atoms with van der Waals surface area (Å²) in [5.74, 6) is -6.10. The normalized spacial score (nSPS) is 10.3. The van der Waals surface area contributed by atoms with Crippen molar-refractivity contribution in [2.45, 2.75) is 13.1 Å². The number of halogens is 7. The minimum absolute atomic E-state index is 0.0231. The maximum atomic E-state index is 13.5. The Morgan fingerprint density at radius 3 is 1.51 bits per heavy atom. The second-order valence-electron chi connectivity index (χ2n) is 13.4. The highest BCUT2D eigenvalue weighted by molar-refractivity contribution is 6.33. The Morgan fingerprint density at radius 1 is 0.571 bits per heavy atom. The molecule has 3 amide bonds. The quantitative estimate of drug-likeness (QED) is 0.0564. The third-order valence-electron chi connectivity index (χ3n) is 8.60. The molecule has 7 aromatic rings. The molecule has 0 aliphatic heterocycles. The van der Waals surface area contributed by atoms with Crippen molar-refractivity contribution in [2.75, 3.05) is 16.0 Å². The van der Waals surface area contributed by atoms with E-state index in [1.165, 1.54) is 86.2 Å². The van der Waals surface area contributed by atoms with Crippen LogP contribution < -0.4 is 16.0 Å². The zero-order chi connectivity index (χ0) is 51.9. The smallest absolute Gasteiger partial charge is 0.423 e. The highest BCUT2D eigenvalue weighted by Crippen LogP contribution is 2.38. The van der Waals surface area contributed by atoms with Crippen molar-refractivity contribution in [3.05, 3.63) is 220 Å². The summed E-state index contributed by atoms with van der Waals surface area (Å²) in [4.78, 5) is 74.9. The predicted octanol–water partition coefficient (Wildman–Crippen LogP) is 11.5. The molecule has 0 fully saturated rings. The summed E-state index contributed by atoms with van der Waals surface area (Å²) in [6.07, 6.45) is -2.28. The summed E-state index contributed by atoms with van der Waals surface area (Å²) in [5, 5.41) is 46.9. The number of rotatable bonds is 10. The topological polar surface area (TPSA) is 280 Å². The summed E-state index contributed by atoms with van der Waals surface area (Å²) in [6.45, 7) is 1.50. The van der Waals surface area contributed by atoms with E-state index >= 15 is 0 Å². The molecule has 19 nitrogen and oxygen atoms in total. The van der Waals surface area contributed by atoms with Gasteiger partial charge >= 0.3 is 12.1 Å². The second-order valence-corrected chi connectivity index (χ2v) is 13.8. The molecule has 7 rings (SSSR count). The highest BCUT2D eigenvalue weighted by Gasteiger charge is 2.38. The van der Waals surface area contributed by atoms with E-state index in [0.717, 1.165) is 36.4 Å². The molecule has 26 heteroatoms. The van der Waals surface area contributed by atoms with Gasteiger partial charge in [0, 0.05) is 40.8 Å². The predicted molar refractivity (Wildman–Crippen MR) is 235 cm³/mol. The van der Waals surface area contributed by atoms with Crippen LogP contribution in [-0.2, 0) is 6.18 Å². The van der Waals surface area contributed by atoms with Gasteiger partial charge in [-0.25, -0.2) is 18.0 Å². The number of hydrogen-bond acceptors (Lipinski definition) is 12. The largest absolute Gasteiger partial charge is 0.475 e. The number of nitrogens with zero attached hydrogens (tertiary/aromatic N) is 3. The van der Waals surface area contributed by atoms with Crippen LogP contribution in [0.1, 0.15) is 53.0 Å². The Balaban J connectivity index is 0.000000212. The van der Waals surface area contributed by atoms with Gasteiger partial charge in [0.2, 0.25) is 5.76 Å². The lowest BCUT2D eigenvalue weighted by Gasteiger charge is -2.11. The Morgan fingerprint density at radius 2 is 1.04 bits per heavy atom. The molecule has 4 N–H and O–H groups in total. The molecule has 2 aromatic heterocycles. The second kappa shape index (κ2) is 23.9. The molecule has 0 unspecified atom stereocenters. The molecule has 362 valence electrons. The fraction of sp³-hybridized carbons (Fsp3) is 0.0455. The van der Waals surface area contributed by atoms with Crippen molar-refractivity contribution in [2.24, 2.45) is 0 Å². The summed E-state index contributed by atoms with van der Waals surface area (Å²) in [6, 6.07) is 23.8. The van der Waals surface area contributed by atoms with E-state index in [1.807, 2.05) is 0 Å². The molecule has 0 aliphatic carbocycles. The minimum atomic E-state index is -4.97. The molecule has 0 aliphatic rings. The summed E-state index contributed by atoms with van der Waals surface area (Å²) < 4.78 is 88.3. The number of nitrogens with one attached hydrogen (secondary N) is 3. The Hall–Kier alpha value is -9.39. The molecular weight excluding hydrogens is 970 g/mol. The van der Waals surface area contributed by atoms with Crippen LogP contribution in [0.25, 0.3) is 0 Å². The average Bonchev–Trinajstić information content (AvgIpc) is 4.04. The van der Waals surface area contributed by atoms with E-state index in [1.54, 1.807) is 6.07 Å². The van der Waals surface area contributed by atoms with Gasteiger partial charge in [-0.2, -0.15) is 13.2 Å². The highest BCUT2D eigenvalue weighted by atomic mass is 35.5. The van der Waals surface area contributed by atoms with Gasteiger partial charge < -0.3 is 29.9 Å². The molecule has 0 atom stereocenters. The first kappa shape index (κ1) is 53.2. The fourth-order valence-electron chi connectivity index (χ4n) is 5.42. The Labute approximate surface area is 392 Å². The van der Waals surface area contributed by atoms with E-state index in [-0.39, 0.29) is 44.9 Å². The number of nitro benzene ring substituents is 3. The SMILES string of the molecule is Cc1cc(NC(=O)c2c(F)cccc2F)ccc1[N+](=O)[O-].O=C(Nc1ccc([N+](=O)[O-])c(C(F)(F)F)c1)c1ccccc1F.O=C(Nc1ccc([N+](=O)[O-])c(Cl)c1)c1ccco1.O=C(O)c1ccco1. The van der Waals surface area contributed by atoms with Gasteiger partial charge in [-0.3, -0.25) is 44.7 Å². The number of aromatic carboxylic acids is 1. The standard InChI is InChI=1S/C14H8F4N2O3.C14H10F2N2O3.C11H7ClN2O4.C5H4O3/c15-11-4-2-1-3-9(11)13(21)19-8-5-6-12(20(22)23)10(7-8)14(16,17)18;1-8-7-9(5-6-12(8)18(20)21)17-14(19)13-10(15)3-2-4-11(13)16;12-8-6-7(3-4-9(8)14(16)17)13-11(15)10-2-1-5-18-10;6-5(7)4-2-1-3-8-4/h1-7H,(H,19,21);2-7H,1H3,(H,17,19);1-6H,(H,13,15);1-3H,(H,6,7). The molecule has 0 bridgehead atoms. The van der Waals surface area contributed by atoms with Crippen molar-refractivity contribution in [3.63, 3.8) is 0 Å². The first-order chi connectivity index (χ1) is 33.0. The van der Waals surface area contributed by atoms with Crippen LogP contribution in [0.5, 0.6) is 0 Å². The zero-order valence-electron chi connectivity index (χ0n) is 35.0. The summed E-state index contributed by atoms with van der Waals surface area (Å²) in [7, 11) is 0. The van der Waals surface area contributed by atoms with Crippen LogP contribution in [0, 0.1) is 54.7 Å². The van der Waals surface area contributed by atoms with Crippen LogP contribution in [0.2, 0.25) is 5.02 Å². The van der Waals surface area contributed by atoms with Crippen LogP contribution in [0.4, 0.5) is 60.5 Å². The third kappa shape index (κ3) is 14.8. The molecule has 70 heavy (non-hydrogen) atoms. The number of carboxylic acids is 1. The van der Waals surface area contributed by atoms with Crippen LogP contribution in [0.15, 0.2) is 143 Å². The van der Waals surface area contributed by atoms with Crippen molar-refractivity contribution in [3.8, 4) is 0 Å². The van der Waals surface area contributed by atoms with E-state index < -0.39 is 78.9 Å². The maximum absolute atomic E-state index is 13.5. The zero-order valence-corrected chi connectivity index (χ0v) is 35.8. The molecular formula is C44H29ClF6N6O13. The van der Waals surface area contributed by atoms with Crippen LogP contribution in [0.3, 0.4) is 0 Å². The van der Waals surface area contributed by atoms with Crippen molar-refractivity contribution in [1.82, 2.24) is 0 Å². The number of anilines is 3. The number of carbonyl (C=O) groups is 4. The number of alkyl halides is 3. The first-order valence-corrected chi connectivity index (χ1v) is 19.3. The van der Waals surface area contributed by atoms with Gasteiger partial charge in [0.15, 0.2) is 5.76 Å². The fourth-order valence-corrected chi connectivity index (χ4v) is 5.67. The number of hydrogen-bond donors (Lipinski definition) is 4. The molecule has 2 heterocycles. The number of amides is 3. The number of nitro groups is 3. The van der Waals surface area contributed by atoms with E-state index in [2.05, 4.69) is 20.4 Å². The lowest BCUT2D eigenvalue weighted by molar-refractivity contribution is -0.388. The van der Waals surface area contributed by atoms with Crippen molar-refractivity contribution < 1.29 is 74.2 Å². The molecule has 0 spiro atoms. The van der Waals surface area contributed by atoms with Gasteiger partial charge in [0.1, 0.15) is 33.6 Å². The Kier molecular flexibility index (Phi) is 18.2. The summed E-state index contributed by atoms with van der Waals surface area (Å²) >= 11 is 5.72. The Bertz CT molecular complexity index is 3040. The lowest BCUT2D eigenvalue weighted by Crippen LogP contribution is -2.16. The first-order valence-electron chi connectivity index (χ1n) is 19.0. The number of benzene rings is 5. The van der Waals surface area contributed by atoms with E-state index in [9.17, 15) is 75.9 Å². The van der Waals surface area contributed by atoms with Crippen LogP contribution in [-0.4, -0.2) is 43.6 Å². The monoisotopic (exact) mass is 998 g/mol.